The molecule has 1 aromatic carbocycles. The molecular formula is C16H25BrN2O2. The summed E-state index contributed by atoms with van der Waals surface area (Å²) < 4.78 is 5.93. The summed E-state index contributed by atoms with van der Waals surface area (Å²) in [5.41, 5.74) is 0.0503. The Labute approximate surface area is 136 Å². The zero-order valence-corrected chi connectivity index (χ0v) is 14.9. The van der Waals surface area contributed by atoms with Crippen LogP contribution in [0, 0.1) is 0 Å². The Morgan fingerprint density at radius 3 is 2.57 bits per heavy atom. The van der Waals surface area contributed by atoms with Crippen LogP contribution >= 0.6 is 15.9 Å². The van der Waals surface area contributed by atoms with Crippen LogP contribution < -0.4 is 5.32 Å². The second-order valence-electron chi connectivity index (χ2n) is 5.08. The molecule has 0 heterocycles. The van der Waals surface area contributed by atoms with Gasteiger partial charge in [-0.05, 0) is 37.7 Å². The van der Waals surface area contributed by atoms with Gasteiger partial charge in [-0.2, -0.15) is 0 Å². The van der Waals surface area contributed by atoms with Crippen molar-refractivity contribution in [1.29, 1.82) is 0 Å². The highest BCUT2D eigenvalue weighted by molar-refractivity contribution is 9.10. The third-order valence-electron chi connectivity index (χ3n) is 3.80. The molecule has 0 aliphatic carbocycles. The van der Waals surface area contributed by atoms with Crippen molar-refractivity contribution in [3.63, 3.8) is 0 Å². The zero-order chi connectivity index (χ0) is 15.9. The lowest BCUT2D eigenvalue weighted by Gasteiger charge is -2.30. The predicted molar refractivity (Wildman–Crippen MR) is 89.3 cm³/mol. The van der Waals surface area contributed by atoms with Crippen LogP contribution in [0.15, 0.2) is 28.7 Å². The van der Waals surface area contributed by atoms with Crippen LogP contribution in [0.4, 0.5) is 0 Å². The van der Waals surface area contributed by atoms with Gasteiger partial charge in [0.2, 0.25) is 0 Å². The van der Waals surface area contributed by atoms with E-state index in [0.717, 1.165) is 36.2 Å². The number of carbonyl (C=O) groups is 1. The molecule has 0 spiro atoms. The maximum Gasteiger partial charge on any atom is 0.330 e. The van der Waals surface area contributed by atoms with Crippen LogP contribution in [0.5, 0.6) is 0 Å². The second-order valence-corrected chi connectivity index (χ2v) is 6.00. The summed E-state index contributed by atoms with van der Waals surface area (Å²) in [6.07, 6.45) is 0. The smallest absolute Gasteiger partial charge is 0.330 e. The fraction of sp³-hybridized carbons (Fsp3) is 0.562. The van der Waals surface area contributed by atoms with Gasteiger partial charge in [0.15, 0.2) is 0 Å². The lowest BCUT2D eigenvalue weighted by Crippen LogP contribution is -2.49. The standard InChI is InChI=1S/C16H25BrN2O2/c1-5-19(6-2)11-10-18-16(3,15(20)21-4)13-8-7-9-14(17)12-13/h7-9,12,18H,5-6,10-11H2,1-4H3. The largest absolute Gasteiger partial charge is 0.467 e. The third-order valence-corrected chi connectivity index (χ3v) is 4.29. The first-order chi connectivity index (χ1) is 9.97. The van der Waals surface area contributed by atoms with Crippen molar-refractivity contribution in [2.45, 2.75) is 26.3 Å². The number of nitrogens with one attached hydrogen (secondary N) is 1. The summed E-state index contributed by atoms with van der Waals surface area (Å²) in [6.45, 7) is 9.76. The van der Waals surface area contributed by atoms with E-state index in [0.29, 0.717) is 0 Å². The molecule has 0 saturated heterocycles. The SMILES string of the molecule is CCN(CC)CCNC(C)(C(=O)OC)c1cccc(Br)c1. The molecule has 118 valence electrons. The predicted octanol–water partition coefficient (Wildman–Crippen LogP) is 2.77. The van der Waals surface area contributed by atoms with Crippen LogP contribution in [0.2, 0.25) is 0 Å². The first kappa shape index (κ1) is 18.1. The van der Waals surface area contributed by atoms with Gasteiger partial charge in [0.1, 0.15) is 5.54 Å². The number of hydrogen-bond donors (Lipinski definition) is 1. The minimum Gasteiger partial charge on any atom is -0.467 e. The quantitative estimate of drug-likeness (QED) is 0.727. The fourth-order valence-electron chi connectivity index (χ4n) is 2.30. The van der Waals surface area contributed by atoms with Gasteiger partial charge in [-0.1, -0.05) is 41.9 Å². The summed E-state index contributed by atoms with van der Waals surface area (Å²) in [4.78, 5) is 14.6. The van der Waals surface area contributed by atoms with Gasteiger partial charge in [-0.3, -0.25) is 5.32 Å². The summed E-state index contributed by atoms with van der Waals surface area (Å²) in [5, 5.41) is 3.35. The number of likely N-dealkylation sites (N-methyl/N-ethyl adjacent to an activating group) is 1. The minimum atomic E-state index is -0.842. The van der Waals surface area contributed by atoms with Gasteiger partial charge >= 0.3 is 5.97 Å². The molecule has 1 unspecified atom stereocenters. The third kappa shape index (κ3) is 4.80. The van der Waals surface area contributed by atoms with Crippen molar-refractivity contribution >= 4 is 21.9 Å². The molecule has 0 bridgehead atoms. The lowest BCUT2D eigenvalue weighted by molar-refractivity contribution is -0.148. The summed E-state index contributed by atoms with van der Waals surface area (Å²) in [5.74, 6) is -0.278. The zero-order valence-electron chi connectivity index (χ0n) is 13.3. The average molecular weight is 357 g/mol. The van der Waals surface area contributed by atoms with Crippen molar-refractivity contribution in [2.24, 2.45) is 0 Å². The van der Waals surface area contributed by atoms with E-state index in [9.17, 15) is 4.79 Å². The lowest BCUT2D eigenvalue weighted by atomic mass is 9.92. The van der Waals surface area contributed by atoms with E-state index in [2.05, 4.69) is 40.0 Å². The van der Waals surface area contributed by atoms with Gasteiger partial charge < -0.3 is 9.64 Å². The normalized spacial score (nSPS) is 14.0. The van der Waals surface area contributed by atoms with E-state index >= 15 is 0 Å². The number of benzene rings is 1. The van der Waals surface area contributed by atoms with Crippen molar-refractivity contribution in [1.82, 2.24) is 10.2 Å². The van der Waals surface area contributed by atoms with Gasteiger partial charge in [0, 0.05) is 17.6 Å². The molecule has 0 aliphatic heterocycles. The molecule has 5 heteroatoms. The van der Waals surface area contributed by atoms with Gasteiger partial charge in [0.05, 0.1) is 7.11 Å². The first-order valence-corrected chi connectivity index (χ1v) is 8.09. The number of rotatable bonds is 8. The maximum absolute atomic E-state index is 12.2. The molecule has 0 aromatic heterocycles. The van der Waals surface area contributed by atoms with Crippen LogP contribution in [0.3, 0.4) is 0 Å². The number of ether oxygens (including phenoxy) is 1. The molecule has 1 aromatic rings. The number of esters is 1. The van der Waals surface area contributed by atoms with Crippen molar-refractivity contribution in [3.05, 3.63) is 34.3 Å². The number of nitrogens with zero attached hydrogens (tertiary/aromatic N) is 1. The van der Waals surface area contributed by atoms with E-state index in [1.165, 1.54) is 7.11 Å². The van der Waals surface area contributed by atoms with Crippen molar-refractivity contribution < 1.29 is 9.53 Å². The van der Waals surface area contributed by atoms with Crippen LogP contribution in [0.25, 0.3) is 0 Å². The first-order valence-electron chi connectivity index (χ1n) is 7.29. The molecule has 21 heavy (non-hydrogen) atoms. The second kappa shape index (κ2) is 8.51. The summed E-state index contributed by atoms with van der Waals surface area (Å²) in [6, 6.07) is 7.75. The maximum atomic E-state index is 12.2. The molecule has 0 saturated carbocycles. The van der Waals surface area contributed by atoms with E-state index in [-0.39, 0.29) is 5.97 Å². The van der Waals surface area contributed by atoms with Crippen molar-refractivity contribution in [3.8, 4) is 0 Å². The van der Waals surface area contributed by atoms with Gasteiger partial charge in [0.25, 0.3) is 0 Å². The van der Waals surface area contributed by atoms with E-state index in [4.69, 9.17) is 4.74 Å². The highest BCUT2D eigenvalue weighted by Gasteiger charge is 2.35. The minimum absolute atomic E-state index is 0.278. The topological polar surface area (TPSA) is 41.6 Å². The molecule has 4 nitrogen and oxygen atoms in total. The molecule has 1 atom stereocenters. The Hall–Kier alpha value is -0.910. The molecule has 0 fully saturated rings. The molecule has 0 amide bonds. The Morgan fingerprint density at radius 2 is 2.05 bits per heavy atom. The average Bonchev–Trinajstić information content (AvgIpc) is 2.50. The number of methoxy groups -OCH3 is 1. The number of halogens is 1. The molecular weight excluding hydrogens is 332 g/mol. The fourth-order valence-corrected chi connectivity index (χ4v) is 2.70. The number of hydrogen-bond acceptors (Lipinski definition) is 4. The van der Waals surface area contributed by atoms with Crippen molar-refractivity contribution in [2.75, 3.05) is 33.3 Å². The van der Waals surface area contributed by atoms with E-state index < -0.39 is 5.54 Å². The van der Waals surface area contributed by atoms with E-state index in [1.807, 2.05) is 31.2 Å². The molecule has 1 N–H and O–H groups in total. The molecule has 0 aliphatic rings. The van der Waals surface area contributed by atoms with Crippen LogP contribution in [0.1, 0.15) is 26.3 Å². The Kier molecular flexibility index (Phi) is 7.35. The summed E-state index contributed by atoms with van der Waals surface area (Å²) in [7, 11) is 1.42. The van der Waals surface area contributed by atoms with E-state index in [1.54, 1.807) is 0 Å². The van der Waals surface area contributed by atoms with Gasteiger partial charge in [-0.25, -0.2) is 4.79 Å². The highest BCUT2D eigenvalue weighted by Crippen LogP contribution is 2.25. The molecule has 1 rings (SSSR count). The van der Waals surface area contributed by atoms with Crippen LogP contribution in [-0.2, 0) is 15.1 Å². The summed E-state index contributed by atoms with van der Waals surface area (Å²) >= 11 is 3.45. The van der Waals surface area contributed by atoms with Crippen LogP contribution in [-0.4, -0.2) is 44.2 Å². The van der Waals surface area contributed by atoms with Gasteiger partial charge in [-0.15, -0.1) is 0 Å². The number of carbonyl (C=O) groups excluding carboxylic acids is 1. The molecule has 0 radical (unpaired) electrons. The Balaban J connectivity index is 2.87. The Morgan fingerprint density at radius 1 is 1.38 bits per heavy atom. The highest BCUT2D eigenvalue weighted by atomic mass is 79.9. The monoisotopic (exact) mass is 356 g/mol. The Bertz CT molecular complexity index is 463.